The smallest absolute Gasteiger partial charge is 0.240 e. The summed E-state index contributed by atoms with van der Waals surface area (Å²) in [7, 11) is -1.99. The fourth-order valence-corrected chi connectivity index (χ4v) is 4.41. The van der Waals surface area contributed by atoms with Gasteiger partial charge in [0.15, 0.2) is 11.5 Å². The van der Waals surface area contributed by atoms with Gasteiger partial charge in [0.2, 0.25) is 10.0 Å². The largest absolute Gasteiger partial charge is 0.493 e. The SMILES string of the molecule is COc1cccc2c1OCC(NS(=O)(=O)c1cc(C)cc(C)c1)C2. The zero-order valence-corrected chi connectivity index (χ0v) is 14.8. The molecule has 5 nitrogen and oxygen atoms in total. The topological polar surface area (TPSA) is 64.6 Å². The first kappa shape index (κ1) is 16.8. The summed E-state index contributed by atoms with van der Waals surface area (Å²) < 4.78 is 39.1. The number of nitrogens with one attached hydrogen (secondary N) is 1. The highest BCUT2D eigenvalue weighted by molar-refractivity contribution is 7.89. The Balaban J connectivity index is 1.81. The highest BCUT2D eigenvalue weighted by Gasteiger charge is 2.27. The molecule has 0 saturated heterocycles. The van der Waals surface area contributed by atoms with E-state index in [-0.39, 0.29) is 17.5 Å². The minimum atomic E-state index is -3.58. The number of benzene rings is 2. The van der Waals surface area contributed by atoms with Crippen LogP contribution in [0.25, 0.3) is 0 Å². The predicted molar refractivity (Wildman–Crippen MR) is 92.2 cm³/mol. The molecule has 3 rings (SSSR count). The number of hydrogen-bond acceptors (Lipinski definition) is 4. The van der Waals surface area contributed by atoms with Crippen molar-refractivity contribution in [2.45, 2.75) is 31.2 Å². The Hall–Kier alpha value is -2.05. The molecular formula is C18H21NO4S. The summed E-state index contributed by atoms with van der Waals surface area (Å²) in [6.45, 7) is 4.05. The number of ether oxygens (including phenoxy) is 2. The maximum absolute atomic E-state index is 12.6. The van der Waals surface area contributed by atoms with E-state index in [1.54, 1.807) is 19.2 Å². The van der Waals surface area contributed by atoms with Crippen LogP contribution in [0.5, 0.6) is 11.5 Å². The van der Waals surface area contributed by atoms with Crippen LogP contribution in [0, 0.1) is 13.8 Å². The molecule has 1 aliphatic rings. The van der Waals surface area contributed by atoms with E-state index >= 15 is 0 Å². The minimum Gasteiger partial charge on any atom is -0.493 e. The maximum Gasteiger partial charge on any atom is 0.240 e. The molecular weight excluding hydrogens is 326 g/mol. The average Bonchev–Trinajstić information content (AvgIpc) is 2.52. The van der Waals surface area contributed by atoms with Gasteiger partial charge in [0.05, 0.1) is 18.0 Å². The van der Waals surface area contributed by atoms with Crippen LogP contribution in [-0.2, 0) is 16.4 Å². The molecule has 24 heavy (non-hydrogen) atoms. The molecule has 1 heterocycles. The molecule has 0 amide bonds. The number of sulfonamides is 1. The summed E-state index contributed by atoms with van der Waals surface area (Å²) >= 11 is 0. The summed E-state index contributed by atoms with van der Waals surface area (Å²) in [5, 5.41) is 0. The lowest BCUT2D eigenvalue weighted by Crippen LogP contribution is -2.42. The zero-order valence-electron chi connectivity index (χ0n) is 14.0. The monoisotopic (exact) mass is 347 g/mol. The van der Waals surface area contributed by atoms with Crippen molar-refractivity contribution in [3.63, 3.8) is 0 Å². The molecule has 1 unspecified atom stereocenters. The van der Waals surface area contributed by atoms with Gasteiger partial charge >= 0.3 is 0 Å². The molecule has 1 N–H and O–H groups in total. The van der Waals surface area contributed by atoms with Gasteiger partial charge in [-0.3, -0.25) is 0 Å². The Morgan fingerprint density at radius 3 is 2.54 bits per heavy atom. The van der Waals surface area contributed by atoms with Gasteiger partial charge in [-0.1, -0.05) is 18.2 Å². The zero-order chi connectivity index (χ0) is 17.3. The molecule has 0 fully saturated rings. The van der Waals surface area contributed by atoms with E-state index in [0.29, 0.717) is 17.9 Å². The summed E-state index contributed by atoms with van der Waals surface area (Å²) in [6, 6.07) is 10.6. The highest BCUT2D eigenvalue weighted by atomic mass is 32.2. The number of aryl methyl sites for hydroxylation is 2. The Morgan fingerprint density at radius 1 is 1.17 bits per heavy atom. The van der Waals surface area contributed by atoms with Crippen LogP contribution in [0.3, 0.4) is 0 Å². The van der Waals surface area contributed by atoms with Crippen molar-refractivity contribution in [2.75, 3.05) is 13.7 Å². The maximum atomic E-state index is 12.6. The van der Waals surface area contributed by atoms with Gasteiger partial charge in [-0.05, 0) is 55.2 Å². The predicted octanol–water partition coefficient (Wildman–Crippen LogP) is 2.59. The van der Waals surface area contributed by atoms with Crippen molar-refractivity contribution < 1.29 is 17.9 Å². The lowest BCUT2D eigenvalue weighted by molar-refractivity contribution is 0.240. The summed E-state index contributed by atoms with van der Waals surface area (Å²) in [6.07, 6.45) is 0.566. The van der Waals surface area contributed by atoms with Crippen LogP contribution >= 0.6 is 0 Å². The van der Waals surface area contributed by atoms with Gasteiger partial charge < -0.3 is 9.47 Å². The van der Waals surface area contributed by atoms with Gasteiger partial charge in [-0.2, -0.15) is 0 Å². The molecule has 0 radical (unpaired) electrons. The number of para-hydroxylation sites is 1. The summed E-state index contributed by atoms with van der Waals surface area (Å²) in [4.78, 5) is 0.288. The summed E-state index contributed by atoms with van der Waals surface area (Å²) in [5.74, 6) is 1.37. The van der Waals surface area contributed by atoms with E-state index in [2.05, 4.69) is 4.72 Å². The van der Waals surface area contributed by atoms with E-state index in [1.807, 2.05) is 38.1 Å². The van der Waals surface area contributed by atoms with E-state index in [1.165, 1.54) is 0 Å². The molecule has 0 aliphatic carbocycles. The molecule has 2 aromatic rings. The first-order valence-corrected chi connectivity index (χ1v) is 9.26. The Morgan fingerprint density at radius 2 is 1.88 bits per heavy atom. The quantitative estimate of drug-likeness (QED) is 0.923. The molecule has 2 aromatic carbocycles. The van der Waals surface area contributed by atoms with Crippen molar-refractivity contribution in [2.24, 2.45) is 0 Å². The second-order valence-corrected chi connectivity index (χ2v) is 7.82. The molecule has 0 spiro atoms. The van der Waals surface area contributed by atoms with Gasteiger partial charge in [0.1, 0.15) is 6.61 Å². The van der Waals surface area contributed by atoms with Crippen LogP contribution in [-0.4, -0.2) is 28.2 Å². The Labute approximate surface area is 142 Å². The second-order valence-electron chi connectivity index (χ2n) is 6.11. The van der Waals surface area contributed by atoms with Crippen LogP contribution in [0.4, 0.5) is 0 Å². The average molecular weight is 347 g/mol. The second kappa shape index (κ2) is 6.45. The van der Waals surface area contributed by atoms with Crippen LogP contribution in [0.2, 0.25) is 0 Å². The van der Waals surface area contributed by atoms with Gasteiger partial charge in [0.25, 0.3) is 0 Å². The molecule has 128 valence electrons. The van der Waals surface area contributed by atoms with Crippen molar-refractivity contribution in [3.8, 4) is 11.5 Å². The third kappa shape index (κ3) is 3.39. The van der Waals surface area contributed by atoms with Gasteiger partial charge in [-0.25, -0.2) is 13.1 Å². The lowest BCUT2D eigenvalue weighted by atomic mass is 10.0. The number of fused-ring (bicyclic) bond motifs is 1. The summed E-state index contributed by atoms with van der Waals surface area (Å²) in [5.41, 5.74) is 2.78. The van der Waals surface area contributed by atoms with Crippen molar-refractivity contribution in [1.82, 2.24) is 4.72 Å². The van der Waals surface area contributed by atoms with Crippen molar-refractivity contribution in [3.05, 3.63) is 53.1 Å². The first-order chi connectivity index (χ1) is 11.4. The Bertz CT molecular complexity index is 841. The van der Waals surface area contributed by atoms with E-state index in [4.69, 9.17) is 9.47 Å². The van der Waals surface area contributed by atoms with Crippen LogP contribution in [0.1, 0.15) is 16.7 Å². The first-order valence-electron chi connectivity index (χ1n) is 7.78. The van der Waals surface area contributed by atoms with Crippen LogP contribution in [0.15, 0.2) is 41.3 Å². The number of hydrogen-bond donors (Lipinski definition) is 1. The van der Waals surface area contributed by atoms with E-state index in [9.17, 15) is 8.42 Å². The number of rotatable bonds is 4. The van der Waals surface area contributed by atoms with Gasteiger partial charge in [-0.15, -0.1) is 0 Å². The molecule has 1 atom stereocenters. The standard InChI is InChI=1S/C18H21NO4S/c1-12-7-13(2)9-16(8-12)24(20,21)19-15-10-14-5-4-6-17(22-3)18(14)23-11-15/h4-9,15,19H,10-11H2,1-3H3. The molecule has 0 aromatic heterocycles. The normalized spacial score (nSPS) is 17.0. The van der Waals surface area contributed by atoms with Gasteiger partial charge in [0, 0.05) is 0 Å². The lowest BCUT2D eigenvalue weighted by Gasteiger charge is -2.27. The molecule has 0 saturated carbocycles. The number of methoxy groups -OCH3 is 1. The van der Waals surface area contributed by atoms with E-state index < -0.39 is 10.0 Å². The van der Waals surface area contributed by atoms with Crippen LogP contribution < -0.4 is 14.2 Å². The molecule has 0 bridgehead atoms. The third-order valence-electron chi connectivity index (χ3n) is 4.00. The molecule has 6 heteroatoms. The fourth-order valence-electron chi connectivity index (χ4n) is 3.01. The molecule has 1 aliphatic heterocycles. The fraction of sp³-hybridized carbons (Fsp3) is 0.333. The third-order valence-corrected chi connectivity index (χ3v) is 5.50. The van der Waals surface area contributed by atoms with E-state index in [0.717, 1.165) is 16.7 Å². The van der Waals surface area contributed by atoms with Crippen molar-refractivity contribution >= 4 is 10.0 Å². The minimum absolute atomic E-state index is 0.275. The van der Waals surface area contributed by atoms with Crippen molar-refractivity contribution in [1.29, 1.82) is 0 Å². The Kier molecular flexibility index (Phi) is 4.51. The highest BCUT2D eigenvalue weighted by Crippen LogP contribution is 2.34.